The lowest BCUT2D eigenvalue weighted by Gasteiger charge is -2.19. The van der Waals surface area contributed by atoms with Crippen molar-refractivity contribution in [3.05, 3.63) is 6.92 Å². The van der Waals surface area contributed by atoms with Crippen molar-refractivity contribution >= 4 is 11.8 Å². The first-order chi connectivity index (χ1) is 3.62. The molecule has 0 spiro atoms. The standard InChI is InChI=1S/C7H15S/c1-5-6-7(2,3)8-4/h1,5-6H2,2-4H3. The Morgan fingerprint density at radius 3 is 2.12 bits per heavy atom. The van der Waals surface area contributed by atoms with Crippen LogP contribution in [0.1, 0.15) is 26.7 Å². The van der Waals surface area contributed by atoms with Crippen LogP contribution in [0.15, 0.2) is 0 Å². The van der Waals surface area contributed by atoms with Crippen LogP contribution in [-0.4, -0.2) is 11.0 Å². The Hall–Kier alpha value is 0.350. The van der Waals surface area contributed by atoms with Gasteiger partial charge in [-0.15, -0.1) is 0 Å². The van der Waals surface area contributed by atoms with E-state index in [-0.39, 0.29) is 0 Å². The maximum Gasteiger partial charge on any atom is 0.0100 e. The Morgan fingerprint density at radius 2 is 2.00 bits per heavy atom. The quantitative estimate of drug-likeness (QED) is 0.567. The molecule has 0 nitrogen and oxygen atoms in total. The van der Waals surface area contributed by atoms with Gasteiger partial charge in [-0.05, 0) is 12.7 Å². The summed E-state index contributed by atoms with van der Waals surface area (Å²) in [5, 5.41) is 0. The van der Waals surface area contributed by atoms with Crippen molar-refractivity contribution in [3.8, 4) is 0 Å². The summed E-state index contributed by atoms with van der Waals surface area (Å²) in [5.41, 5.74) is 0. The number of rotatable bonds is 3. The first-order valence-electron chi connectivity index (χ1n) is 2.97. The Morgan fingerprint density at radius 1 is 1.50 bits per heavy atom. The molecule has 0 bridgehead atoms. The first-order valence-corrected chi connectivity index (χ1v) is 4.19. The van der Waals surface area contributed by atoms with Gasteiger partial charge in [-0.1, -0.05) is 27.2 Å². The minimum absolute atomic E-state index is 0.446. The van der Waals surface area contributed by atoms with Gasteiger partial charge in [0.2, 0.25) is 0 Å². The molecule has 0 aromatic heterocycles. The van der Waals surface area contributed by atoms with Crippen molar-refractivity contribution in [2.75, 3.05) is 6.26 Å². The van der Waals surface area contributed by atoms with Crippen molar-refractivity contribution in [2.24, 2.45) is 0 Å². The maximum absolute atomic E-state index is 3.81. The molecule has 0 aromatic carbocycles. The third kappa shape index (κ3) is 3.36. The van der Waals surface area contributed by atoms with Crippen molar-refractivity contribution in [3.63, 3.8) is 0 Å². The van der Waals surface area contributed by atoms with E-state index >= 15 is 0 Å². The molecule has 0 heterocycles. The van der Waals surface area contributed by atoms with E-state index in [1.54, 1.807) is 0 Å². The Balaban J connectivity index is 3.37. The van der Waals surface area contributed by atoms with Gasteiger partial charge < -0.3 is 0 Å². The van der Waals surface area contributed by atoms with Crippen LogP contribution in [0, 0.1) is 6.92 Å². The Kier molecular flexibility index (Phi) is 3.54. The van der Waals surface area contributed by atoms with Crippen LogP contribution < -0.4 is 0 Å². The normalized spacial score (nSPS) is 12.0. The smallest absolute Gasteiger partial charge is 0.0100 e. The fraction of sp³-hybridized carbons (Fsp3) is 0.857. The summed E-state index contributed by atoms with van der Waals surface area (Å²) in [5.74, 6) is 0. The van der Waals surface area contributed by atoms with Crippen LogP contribution in [-0.2, 0) is 0 Å². The van der Waals surface area contributed by atoms with E-state index in [1.165, 1.54) is 6.42 Å². The monoisotopic (exact) mass is 131 g/mol. The number of thioether (sulfide) groups is 1. The maximum atomic E-state index is 3.81. The zero-order valence-corrected chi connectivity index (χ0v) is 6.85. The molecular formula is C7H15S. The summed E-state index contributed by atoms with van der Waals surface area (Å²) < 4.78 is 0.446. The lowest BCUT2D eigenvalue weighted by molar-refractivity contribution is 0.649. The molecule has 1 heteroatoms. The molecule has 0 amide bonds. The average molecular weight is 131 g/mol. The molecule has 0 aliphatic rings. The van der Waals surface area contributed by atoms with Crippen LogP contribution in [0.3, 0.4) is 0 Å². The molecule has 0 aliphatic carbocycles. The molecule has 0 saturated heterocycles. The fourth-order valence-corrected chi connectivity index (χ4v) is 0.876. The zero-order valence-electron chi connectivity index (χ0n) is 6.03. The second-order valence-corrected chi connectivity index (χ2v) is 4.08. The zero-order chi connectivity index (χ0) is 6.62. The van der Waals surface area contributed by atoms with E-state index in [0.717, 1.165) is 6.42 Å². The van der Waals surface area contributed by atoms with E-state index in [1.807, 2.05) is 11.8 Å². The predicted molar refractivity (Wildman–Crippen MR) is 42.2 cm³/mol. The van der Waals surface area contributed by atoms with Crippen molar-refractivity contribution < 1.29 is 0 Å². The summed E-state index contributed by atoms with van der Waals surface area (Å²) in [6.45, 7) is 8.31. The molecule has 8 heavy (non-hydrogen) atoms. The van der Waals surface area contributed by atoms with Gasteiger partial charge in [-0.2, -0.15) is 11.8 Å². The molecule has 0 aromatic rings. The molecule has 0 atom stereocenters. The fourth-order valence-electron chi connectivity index (χ4n) is 0.528. The SMILES string of the molecule is [CH2]CCC(C)(C)SC. The van der Waals surface area contributed by atoms with E-state index in [0.29, 0.717) is 4.75 Å². The first kappa shape index (κ1) is 8.35. The van der Waals surface area contributed by atoms with Gasteiger partial charge in [-0.25, -0.2) is 0 Å². The van der Waals surface area contributed by atoms with Crippen molar-refractivity contribution in [2.45, 2.75) is 31.4 Å². The molecule has 1 radical (unpaired) electrons. The molecule has 0 aliphatic heterocycles. The average Bonchev–Trinajstić information content (AvgIpc) is 1.67. The van der Waals surface area contributed by atoms with Crippen LogP contribution in [0.5, 0.6) is 0 Å². The van der Waals surface area contributed by atoms with E-state index < -0.39 is 0 Å². The van der Waals surface area contributed by atoms with Gasteiger partial charge in [0.05, 0.1) is 0 Å². The summed E-state index contributed by atoms with van der Waals surface area (Å²) >= 11 is 1.91. The summed E-state index contributed by atoms with van der Waals surface area (Å²) in [7, 11) is 0. The van der Waals surface area contributed by atoms with Crippen molar-refractivity contribution in [1.29, 1.82) is 0 Å². The second kappa shape index (κ2) is 3.39. The van der Waals surface area contributed by atoms with Gasteiger partial charge in [0.25, 0.3) is 0 Å². The van der Waals surface area contributed by atoms with Gasteiger partial charge in [0.1, 0.15) is 0 Å². The van der Waals surface area contributed by atoms with Gasteiger partial charge in [0.15, 0.2) is 0 Å². The predicted octanol–water partition coefficient (Wildman–Crippen LogP) is 2.74. The van der Waals surface area contributed by atoms with Gasteiger partial charge in [0, 0.05) is 4.75 Å². The number of hydrogen-bond acceptors (Lipinski definition) is 1. The van der Waals surface area contributed by atoms with Gasteiger partial charge >= 0.3 is 0 Å². The molecule has 0 unspecified atom stereocenters. The molecule has 49 valence electrons. The number of hydrogen-bond donors (Lipinski definition) is 0. The molecule has 0 rings (SSSR count). The molecular weight excluding hydrogens is 116 g/mol. The summed E-state index contributed by atoms with van der Waals surface area (Å²) in [4.78, 5) is 0. The van der Waals surface area contributed by atoms with Gasteiger partial charge in [-0.3, -0.25) is 0 Å². The highest BCUT2D eigenvalue weighted by Gasteiger charge is 2.12. The van der Waals surface area contributed by atoms with Crippen LogP contribution in [0.2, 0.25) is 0 Å². The lowest BCUT2D eigenvalue weighted by Crippen LogP contribution is -2.12. The topological polar surface area (TPSA) is 0 Å². The van der Waals surface area contributed by atoms with E-state index in [2.05, 4.69) is 27.0 Å². The summed E-state index contributed by atoms with van der Waals surface area (Å²) in [6, 6.07) is 0. The lowest BCUT2D eigenvalue weighted by atomic mass is 10.1. The minimum Gasteiger partial charge on any atom is -0.159 e. The van der Waals surface area contributed by atoms with Crippen LogP contribution in [0.4, 0.5) is 0 Å². The third-order valence-corrected chi connectivity index (χ3v) is 2.64. The molecule has 0 saturated carbocycles. The Labute approximate surface area is 57.1 Å². The third-order valence-electron chi connectivity index (χ3n) is 1.33. The minimum atomic E-state index is 0.446. The highest BCUT2D eigenvalue weighted by Crippen LogP contribution is 2.25. The summed E-state index contributed by atoms with van der Waals surface area (Å²) in [6.07, 6.45) is 4.41. The highest BCUT2D eigenvalue weighted by molar-refractivity contribution is 7.99. The Bertz CT molecular complexity index is 57.4. The van der Waals surface area contributed by atoms with E-state index in [9.17, 15) is 0 Å². The second-order valence-electron chi connectivity index (χ2n) is 2.57. The van der Waals surface area contributed by atoms with Crippen molar-refractivity contribution in [1.82, 2.24) is 0 Å². The molecule has 0 N–H and O–H groups in total. The molecule has 0 fully saturated rings. The highest BCUT2D eigenvalue weighted by atomic mass is 32.2. The van der Waals surface area contributed by atoms with Crippen LogP contribution in [0.25, 0.3) is 0 Å². The largest absolute Gasteiger partial charge is 0.159 e. The van der Waals surface area contributed by atoms with Crippen LogP contribution >= 0.6 is 11.8 Å². The van der Waals surface area contributed by atoms with E-state index in [4.69, 9.17) is 0 Å².